The van der Waals surface area contributed by atoms with Crippen LogP contribution in [0.5, 0.6) is 0 Å². The molecule has 2 saturated carbocycles. The lowest BCUT2D eigenvalue weighted by molar-refractivity contribution is -0.129. The fourth-order valence-electron chi connectivity index (χ4n) is 8.01. The number of Topliss-reactive ketones (excluding diaryl/α,β-unsaturated/α-hetero) is 2. The number of amidine groups is 1. The number of hydrogen-bond donors (Lipinski definition) is 3. The van der Waals surface area contributed by atoms with Gasteiger partial charge in [-0.2, -0.15) is 5.11 Å². The van der Waals surface area contributed by atoms with Gasteiger partial charge in [0.1, 0.15) is 11.5 Å². The van der Waals surface area contributed by atoms with Gasteiger partial charge in [0.2, 0.25) is 5.91 Å². The Kier molecular flexibility index (Phi) is 9.86. The number of azo groups is 1. The van der Waals surface area contributed by atoms with Crippen LogP contribution in [0.4, 0.5) is 5.69 Å². The van der Waals surface area contributed by atoms with Crippen molar-refractivity contribution in [1.82, 2.24) is 10.3 Å². The maximum Gasteiger partial charge on any atom is 0.228 e. The predicted octanol–water partition coefficient (Wildman–Crippen LogP) is 5.79. The zero-order chi connectivity index (χ0) is 33.9. The maximum absolute atomic E-state index is 13.7. The van der Waals surface area contributed by atoms with Crippen LogP contribution in [0.2, 0.25) is 0 Å². The quantitative estimate of drug-likeness (QED) is 0.198. The van der Waals surface area contributed by atoms with Crippen LogP contribution >= 0.6 is 0 Å². The molecule has 0 radical (unpaired) electrons. The van der Waals surface area contributed by atoms with Gasteiger partial charge in [-0.3, -0.25) is 14.4 Å². The van der Waals surface area contributed by atoms with Crippen LogP contribution < -0.4 is 16.4 Å². The van der Waals surface area contributed by atoms with E-state index in [0.717, 1.165) is 66.7 Å². The number of aryl methyl sites for hydroxylation is 1. The number of pyridine rings is 1. The normalized spacial score (nSPS) is 24.6. The Balaban J connectivity index is 1.02. The third kappa shape index (κ3) is 7.60. The van der Waals surface area contributed by atoms with Crippen LogP contribution in [0.1, 0.15) is 65.8 Å². The van der Waals surface area contributed by atoms with Crippen molar-refractivity contribution in [3.05, 3.63) is 83.2 Å². The molecule has 0 spiro atoms. The van der Waals surface area contributed by atoms with Crippen molar-refractivity contribution in [3.8, 4) is 11.1 Å². The summed E-state index contributed by atoms with van der Waals surface area (Å²) in [7, 11) is 0. The van der Waals surface area contributed by atoms with Crippen LogP contribution in [0, 0.1) is 42.4 Å². The highest BCUT2D eigenvalue weighted by Crippen LogP contribution is 2.51. The van der Waals surface area contributed by atoms with Gasteiger partial charge in [-0.05, 0) is 124 Å². The van der Waals surface area contributed by atoms with Crippen LogP contribution in [-0.2, 0) is 16.0 Å². The lowest BCUT2D eigenvalue weighted by Gasteiger charge is -2.27. The van der Waals surface area contributed by atoms with Gasteiger partial charge in [-0.15, -0.1) is 5.11 Å². The Bertz CT molecular complexity index is 1750. The maximum atomic E-state index is 13.7. The highest BCUT2D eigenvalue weighted by atomic mass is 16.2. The van der Waals surface area contributed by atoms with Gasteiger partial charge < -0.3 is 16.4 Å². The van der Waals surface area contributed by atoms with E-state index in [4.69, 9.17) is 10.7 Å². The lowest BCUT2D eigenvalue weighted by Crippen LogP contribution is -2.31. The summed E-state index contributed by atoms with van der Waals surface area (Å²) in [5.41, 5.74) is 11.7. The number of fused-ring (bicyclic) bond motifs is 1. The Hall–Kier alpha value is -4.41. The molecule has 2 unspecified atom stereocenters. The number of benzene rings is 2. The standard InChI is InChI=1S/C39H45N7O3/c1-23-31(14-15-35(44-23)37(48)18-32-33-20-41-21-34(32)33)26-6-2-24(3-7-26)16-29(17-36(47)27-8-4-25(19-40)5-9-27)39(49)45-30-12-10-28(11-13-30)38-42-22-43-46-38/h2-3,6-7,10-15,25,27,29,32-34,41H,4-5,8-9,16-22,40H2,1H3,(H,45,49)/t25?,27?,29-,32?,33?,34?/m1/s1. The van der Waals surface area contributed by atoms with Gasteiger partial charge in [0.15, 0.2) is 18.3 Å². The van der Waals surface area contributed by atoms with E-state index in [-0.39, 0.29) is 29.8 Å². The fraction of sp³-hybridized carbons (Fsp3) is 0.462. The number of carbonyl (C=O) groups excluding carboxylic acids is 3. The molecule has 1 amide bonds. The number of rotatable bonds is 13. The van der Waals surface area contributed by atoms with Crippen molar-refractivity contribution < 1.29 is 14.4 Å². The molecule has 10 heteroatoms. The van der Waals surface area contributed by atoms with E-state index in [2.05, 4.69) is 25.9 Å². The van der Waals surface area contributed by atoms with E-state index in [0.29, 0.717) is 66.9 Å². The number of anilines is 1. The van der Waals surface area contributed by atoms with E-state index in [1.807, 2.05) is 67.6 Å². The predicted molar refractivity (Wildman–Crippen MR) is 189 cm³/mol. The Morgan fingerprint density at radius 1 is 0.918 bits per heavy atom. The molecular weight excluding hydrogens is 614 g/mol. The fourth-order valence-corrected chi connectivity index (χ4v) is 8.01. The van der Waals surface area contributed by atoms with Crippen molar-refractivity contribution >= 4 is 29.0 Å². The molecule has 1 aromatic heterocycles. The van der Waals surface area contributed by atoms with Crippen LogP contribution in [0.3, 0.4) is 0 Å². The number of nitrogens with one attached hydrogen (secondary N) is 2. The molecular formula is C39H45N7O3. The average molecular weight is 660 g/mol. The minimum Gasteiger partial charge on any atom is -0.330 e. The molecule has 3 heterocycles. The molecule has 10 nitrogen and oxygen atoms in total. The Morgan fingerprint density at radius 2 is 1.63 bits per heavy atom. The van der Waals surface area contributed by atoms with E-state index >= 15 is 0 Å². The van der Waals surface area contributed by atoms with Crippen molar-refractivity contribution in [3.63, 3.8) is 0 Å². The molecule has 1 saturated heterocycles. The third-order valence-electron chi connectivity index (χ3n) is 11.1. The first-order valence-electron chi connectivity index (χ1n) is 17.7. The second kappa shape index (κ2) is 14.6. The topological polar surface area (TPSA) is 151 Å². The van der Waals surface area contributed by atoms with Crippen molar-refractivity contribution in [2.75, 3.05) is 31.6 Å². The molecule has 3 aromatic rings. The van der Waals surface area contributed by atoms with Gasteiger partial charge in [0.25, 0.3) is 0 Å². The number of aromatic nitrogens is 1. The lowest BCUT2D eigenvalue weighted by atomic mass is 9.77. The third-order valence-corrected chi connectivity index (χ3v) is 11.1. The molecule has 3 atom stereocenters. The summed E-state index contributed by atoms with van der Waals surface area (Å²) < 4.78 is 0. The van der Waals surface area contributed by atoms with Crippen molar-refractivity contribution in [2.24, 2.45) is 56.5 Å². The molecule has 3 fully saturated rings. The number of nitrogens with zero attached hydrogens (tertiary/aromatic N) is 4. The average Bonchev–Trinajstić information content (AvgIpc) is 3.52. The molecule has 2 aliphatic heterocycles. The van der Waals surface area contributed by atoms with Gasteiger partial charge >= 0.3 is 0 Å². The van der Waals surface area contributed by atoms with Gasteiger partial charge in [-0.25, -0.2) is 9.98 Å². The SMILES string of the molecule is Cc1nc(C(=O)CC2C3CNCC32)ccc1-c1ccc(C[C@H](CC(=O)C2CCC(CN)CC2)C(=O)Nc2ccc(C3=NCN=N3)cc2)cc1. The largest absolute Gasteiger partial charge is 0.330 e. The molecule has 49 heavy (non-hydrogen) atoms. The minimum atomic E-state index is -0.520. The summed E-state index contributed by atoms with van der Waals surface area (Å²) in [6.07, 6.45) is 4.81. The van der Waals surface area contributed by atoms with Crippen LogP contribution in [0.25, 0.3) is 11.1 Å². The van der Waals surface area contributed by atoms with E-state index in [9.17, 15) is 14.4 Å². The summed E-state index contributed by atoms with van der Waals surface area (Å²) in [5.74, 6) is 2.44. The van der Waals surface area contributed by atoms with Gasteiger partial charge in [-0.1, -0.05) is 30.3 Å². The molecule has 4 N–H and O–H groups in total. The number of amides is 1. The first-order valence-corrected chi connectivity index (χ1v) is 17.7. The number of ketones is 2. The number of aliphatic imine (C=N–C) groups is 1. The first-order chi connectivity index (χ1) is 23.9. The highest BCUT2D eigenvalue weighted by Gasteiger charge is 2.53. The van der Waals surface area contributed by atoms with E-state index < -0.39 is 5.92 Å². The second-order valence-electron chi connectivity index (χ2n) is 14.3. The number of nitrogens with two attached hydrogens (primary N) is 1. The van der Waals surface area contributed by atoms with Gasteiger partial charge in [0, 0.05) is 47.2 Å². The Labute approximate surface area is 287 Å². The smallest absolute Gasteiger partial charge is 0.228 e. The monoisotopic (exact) mass is 659 g/mol. The zero-order valence-electron chi connectivity index (χ0n) is 28.1. The highest BCUT2D eigenvalue weighted by molar-refractivity contribution is 6.01. The molecule has 4 aliphatic rings. The number of carbonyl (C=O) groups is 3. The number of hydrogen-bond acceptors (Lipinski definition) is 9. The van der Waals surface area contributed by atoms with Crippen LogP contribution in [0.15, 0.2) is 75.9 Å². The second-order valence-corrected chi connectivity index (χ2v) is 14.3. The molecule has 254 valence electrons. The van der Waals surface area contributed by atoms with Crippen LogP contribution in [-0.4, -0.2) is 54.6 Å². The summed E-state index contributed by atoms with van der Waals surface area (Å²) in [6.45, 7) is 5.00. The summed E-state index contributed by atoms with van der Waals surface area (Å²) in [4.78, 5) is 49.2. The zero-order valence-corrected chi connectivity index (χ0v) is 28.1. The molecule has 2 aromatic carbocycles. The summed E-state index contributed by atoms with van der Waals surface area (Å²) in [5, 5.41) is 14.4. The molecule has 0 bridgehead atoms. The molecule has 2 aliphatic carbocycles. The first kappa shape index (κ1) is 33.1. The van der Waals surface area contributed by atoms with E-state index in [1.54, 1.807) is 0 Å². The van der Waals surface area contributed by atoms with E-state index in [1.165, 1.54) is 0 Å². The number of piperidine rings is 1. The molecule has 7 rings (SSSR count). The summed E-state index contributed by atoms with van der Waals surface area (Å²) in [6, 6.07) is 19.3. The Morgan fingerprint density at radius 3 is 2.29 bits per heavy atom. The van der Waals surface area contributed by atoms with Crippen molar-refractivity contribution in [2.45, 2.75) is 51.9 Å². The minimum absolute atomic E-state index is 0.0210. The van der Waals surface area contributed by atoms with Gasteiger partial charge in [0.05, 0.1) is 0 Å². The summed E-state index contributed by atoms with van der Waals surface area (Å²) >= 11 is 0. The van der Waals surface area contributed by atoms with Crippen molar-refractivity contribution in [1.29, 1.82) is 0 Å².